The Morgan fingerprint density at radius 2 is 2.29 bits per heavy atom. The lowest BCUT2D eigenvalue weighted by atomic mass is 9.93. The van der Waals surface area contributed by atoms with Gasteiger partial charge in [0.05, 0.1) is 5.92 Å². The van der Waals surface area contributed by atoms with Crippen LogP contribution in [0.1, 0.15) is 12.0 Å². The zero-order valence-electron chi connectivity index (χ0n) is 9.91. The summed E-state index contributed by atoms with van der Waals surface area (Å²) in [6, 6.07) is 8.14. The summed E-state index contributed by atoms with van der Waals surface area (Å²) in [6.07, 6.45) is 1.65. The molecule has 17 heavy (non-hydrogen) atoms. The molecule has 1 unspecified atom stereocenters. The minimum atomic E-state index is 0.0303. The molecule has 0 aromatic heterocycles. The first-order valence-electron chi connectivity index (χ1n) is 6.11. The lowest BCUT2D eigenvalue weighted by molar-refractivity contribution is -0.124. The predicted octanol–water partition coefficient (Wildman–Crippen LogP) is 0.736. The summed E-state index contributed by atoms with van der Waals surface area (Å²) in [5.74, 6) is 0.156. The van der Waals surface area contributed by atoms with Crippen molar-refractivity contribution >= 4 is 11.6 Å². The average molecular weight is 233 g/mol. The Kier molecular flexibility index (Phi) is 3.98. The van der Waals surface area contributed by atoms with Crippen LogP contribution in [-0.2, 0) is 11.2 Å². The highest BCUT2D eigenvalue weighted by Gasteiger charge is 2.23. The molecule has 1 aromatic carbocycles. The third kappa shape index (κ3) is 2.97. The van der Waals surface area contributed by atoms with E-state index in [0.29, 0.717) is 19.6 Å². The zero-order valence-corrected chi connectivity index (χ0v) is 9.91. The first kappa shape index (κ1) is 11.9. The van der Waals surface area contributed by atoms with Gasteiger partial charge in [-0.3, -0.25) is 4.79 Å². The van der Waals surface area contributed by atoms with Crippen molar-refractivity contribution in [1.29, 1.82) is 0 Å². The van der Waals surface area contributed by atoms with Crippen LogP contribution in [0, 0.1) is 5.92 Å². The number of carbonyl (C=O) groups is 1. The summed E-state index contributed by atoms with van der Waals surface area (Å²) in [4.78, 5) is 11.9. The Hall–Kier alpha value is -1.55. The van der Waals surface area contributed by atoms with Crippen LogP contribution in [0.25, 0.3) is 0 Å². The number of nitrogens with two attached hydrogens (primary N) is 1. The summed E-state index contributed by atoms with van der Waals surface area (Å²) in [6.45, 7) is 2.00. The van der Waals surface area contributed by atoms with Crippen molar-refractivity contribution in [2.24, 2.45) is 11.7 Å². The summed E-state index contributed by atoms with van der Waals surface area (Å²) >= 11 is 0. The molecule has 4 nitrogen and oxygen atoms in total. The molecule has 0 bridgehead atoms. The van der Waals surface area contributed by atoms with E-state index in [1.165, 1.54) is 5.56 Å². The Balaban J connectivity index is 1.91. The maximum Gasteiger partial charge on any atom is 0.225 e. The van der Waals surface area contributed by atoms with E-state index >= 15 is 0 Å². The van der Waals surface area contributed by atoms with Crippen molar-refractivity contribution in [2.45, 2.75) is 12.8 Å². The van der Waals surface area contributed by atoms with Crippen LogP contribution in [0.3, 0.4) is 0 Å². The summed E-state index contributed by atoms with van der Waals surface area (Å²) < 4.78 is 0. The van der Waals surface area contributed by atoms with Gasteiger partial charge >= 0.3 is 0 Å². The molecule has 0 saturated carbocycles. The highest BCUT2D eigenvalue weighted by atomic mass is 16.1. The van der Waals surface area contributed by atoms with E-state index in [9.17, 15) is 4.79 Å². The van der Waals surface area contributed by atoms with Crippen molar-refractivity contribution in [3.8, 4) is 0 Å². The van der Waals surface area contributed by atoms with Crippen LogP contribution in [0.4, 0.5) is 5.69 Å². The SMILES string of the molecule is NCCCNC(=O)C1CNc2ccccc2C1. The first-order valence-corrected chi connectivity index (χ1v) is 6.11. The lowest BCUT2D eigenvalue weighted by Gasteiger charge is -2.25. The van der Waals surface area contributed by atoms with E-state index in [1.54, 1.807) is 0 Å². The Bertz CT molecular complexity index is 392. The molecule has 1 aromatic rings. The fourth-order valence-corrected chi connectivity index (χ4v) is 2.08. The maximum absolute atomic E-state index is 11.9. The maximum atomic E-state index is 11.9. The highest BCUT2D eigenvalue weighted by molar-refractivity contribution is 5.80. The lowest BCUT2D eigenvalue weighted by Crippen LogP contribution is -2.38. The van der Waals surface area contributed by atoms with Gasteiger partial charge in [-0.05, 0) is 31.0 Å². The molecule has 0 radical (unpaired) electrons. The van der Waals surface area contributed by atoms with Gasteiger partial charge in [-0.15, -0.1) is 0 Å². The van der Waals surface area contributed by atoms with Gasteiger partial charge in [0, 0.05) is 18.8 Å². The second-order valence-electron chi connectivity index (χ2n) is 4.37. The van der Waals surface area contributed by atoms with E-state index in [2.05, 4.69) is 22.8 Å². The Labute approximate surface area is 102 Å². The number of nitrogens with one attached hydrogen (secondary N) is 2. The summed E-state index contributed by atoms with van der Waals surface area (Å²) in [7, 11) is 0. The normalized spacial score (nSPS) is 18.1. The van der Waals surface area contributed by atoms with Crippen LogP contribution >= 0.6 is 0 Å². The third-order valence-electron chi connectivity index (χ3n) is 3.07. The number of fused-ring (bicyclic) bond motifs is 1. The van der Waals surface area contributed by atoms with Crippen LogP contribution in [0.5, 0.6) is 0 Å². The van der Waals surface area contributed by atoms with E-state index in [0.717, 1.165) is 18.5 Å². The standard InChI is InChI=1S/C13H19N3O/c14-6-3-7-15-13(17)11-8-10-4-1-2-5-12(10)16-9-11/h1-2,4-5,11,16H,3,6-9,14H2,(H,15,17). The fraction of sp³-hybridized carbons (Fsp3) is 0.462. The van der Waals surface area contributed by atoms with Crippen LogP contribution in [0.15, 0.2) is 24.3 Å². The summed E-state index contributed by atoms with van der Waals surface area (Å²) in [5, 5.41) is 6.22. The number of carbonyl (C=O) groups excluding carboxylic acids is 1. The number of hydrogen-bond donors (Lipinski definition) is 3. The van der Waals surface area contributed by atoms with Gasteiger partial charge in [-0.25, -0.2) is 0 Å². The molecule has 1 atom stereocenters. The van der Waals surface area contributed by atoms with Crippen LogP contribution in [0.2, 0.25) is 0 Å². The zero-order chi connectivity index (χ0) is 12.1. The van der Waals surface area contributed by atoms with Crippen molar-refractivity contribution in [1.82, 2.24) is 5.32 Å². The minimum Gasteiger partial charge on any atom is -0.384 e. The average Bonchev–Trinajstić information content (AvgIpc) is 2.38. The van der Waals surface area contributed by atoms with E-state index in [-0.39, 0.29) is 11.8 Å². The number of anilines is 1. The van der Waals surface area contributed by atoms with Gasteiger partial charge in [-0.1, -0.05) is 18.2 Å². The third-order valence-corrected chi connectivity index (χ3v) is 3.07. The van der Waals surface area contributed by atoms with Gasteiger partial charge in [0.2, 0.25) is 5.91 Å². The molecule has 1 aliphatic rings. The molecule has 4 heteroatoms. The Morgan fingerprint density at radius 1 is 1.47 bits per heavy atom. The number of amides is 1. The monoisotopic (exact) mass is 233 g/mol. The van der Waals surface area contributed by atoms with E-state index < -0.39 is 0 Å². The number of benzene rings is 1. The van der Waals surface area contributed by atoms with Gasteiger partial charge in [0.15, 0.2) is 0 Å². The number of hydrogen-bond acceptors (Lipinski definition) is 3. The first-order chi connectivity index (χ1) is 8.31. The molecule has 4 N–H and O–H groups in total. The quantitative estimate of drug-likeness (QED) is 0.672. The van der Waals surface area contributed by atoms with Gasteiger partial charge in [-0.2, -0.15) is 0 Å². The molecule has 1 aliphatic heterocycles. The second-order valence-corrected chi connectivity index (χ2v) is 4.37. The number of para-hydroxylation sites is 1. The second kappa shape index (κ2) is 5.68. The Morgan fingerprint density at radius 3 is 3.12 bits per heavy atom. The molecular formula is C13H19N3O. The molecule has 0 spiro atoms. The highest BCUT2D eigenvalue weighted by Crippen LogP contribution is 2.24. The molecular weight excluding hydrogens is 214 g/mol. The van der Waals surface area contributed by atoms with Gasteiger partial charge in [0.25, 0.3) is 0 Å². The smallest absolute Gasteiger partial charge is 0.225 e. The van der Waals surface area contributed by atoms with Crippen molar-refractivity contribution < 1.29 is 4.79 Å². The molecule has 1 heterocycles. The summed E-state index contributed by atoms with van der Waals surface area (Å²) in [5.41, 5.74) is 7.76. The van der Waals surface area contributed by atoms with Crippen LogP contribution in [-0.4, -0.2) is 25.5 Å². The molecule has 0 saturated heterocycles. The van der Waals surface area contributed by atoms with E-state index in [4.69, 9.17) is 5.73 Å². The predicted molar refractivity (Wildman–Crippen MR) is 68.8 cm³/mol. The largest absolute Gasteiger partial charge is 0.384 e. The van der Waals surface area contributed by atoms with E-state index in [1.807, 2.05) is 12.1 Å². The topological polar surface area (TPSA) is 67.1 Å². The molecule has 92 valence electrons. The molecule has 0 fully saturated rings. The van der Waals surface area contributed by atoms with Crippen LogP contribution < -0.4 is 16.4 Å². The van der Waals surface area contributed by atoms with Gasteiger partial charge in [0.1, 0.15) is 0 Å². The minimum absolute atomic E-state index is 0.0303. The number of rotatable bonds is 4. The van der Waals surface area contributed by atoms with Gasteiger partial charge < -0.3 is 16.4 Å². The van der Waals surface area contributed by atoms with Crippen molar-refractivity contribution in [3.05, 3.63) is 29.8 Å². The molecule has 1 amide bonds. The fourth-order valence-electron chi connectivity index (χ4n) is 2.08. The van der Waals surface area contributed by atoms with Crippen molar-refractivity contribution in [2.75, 3.05) is 25.0 Å². The molecule has 2 rings (SSSR count). The molecule has 0 aliphatic carbocycles. The van der Waals surface area contributed by atoms with Crippen molar-refractivity contribution in [3.63, 3.8) is 0 Å².